The SMILES string of the molecule is CCN(CC)CCN(CC)C(=O)c1nc(N(C(=O)c2ccc(Cl)cc2Cl)c2ccc(OC)c(OC)c2)sc1C. The second-order valence-electron chi connectivity index (χ2n) is 8.62. The fraction of sp³-hybridized carbons (Fsp3) is 0.393. The number of benzene rings is 2. The Labute approximate surface area is 244 Å². The molecule has 0 N–H and O–H groups in total. The number of aromatic nitrogens is 1. The van der Waals surface area contributed by atoms with Gasteiger partial charge in [-0.1, -0.05) is 37.0 Å². The lowest BCUT2D eigenvalue weighted by atomic mass is 10.1. The van der Waals surface area contributed by atoms with E-state index in [0.29, 0.717) is 51.0 Å². The molecule has 0 aliphatic rings. The van der Waals surface area contributed by atoms with E-state index in [0.717, 1.165) is 19.6 Å². The number of carbonyl (C=O) groups excluding carboxylic acids is 2. The van der Waals surface area contributed by atoms with Gasteiger partial charge in [-0.05, 0) is 57.3 Å². The number of carbonyl (C=O) groups is 2. The number of ether oxygens (including phenoxy) is 2. The van der Waals surface area contributed by atoms with Gasteiger partial charge in [0, 0.05) is 35.6 Å². The zero-order valence-corrected chi connectivity index (χ0v) is 25.4. The smallest absolute Gasteiger partial charge is 0.273 e. The number of rotatable bonds is 12. The van der Waals surface area contributed by atoms with Crippen LogP contribution in [0, 0.1) is 6.92 Å². The van der Waals surface area contributed by atoms with Gasteiger partial charge < -0.3 is 19.3 Å². The number of hydrogen-bond donors (Lipinski definition) is 0. The van der Waals surface area contributed by atoms with Gasteiger partial charge in [-0.3, -0.25) is 14.5 Å². The molecule has 2 aromatic carbocycles. The van der Waals surface area contributed by atoms with E-state index >= 15 is 0 Å². The number of likely N-dealkylation sites (N-methyl/N-ethyl adjacent to an activating group) is 2. The first-order chi connectivity index (χ1) is 18.7. The highest BCUT2D eigenvalue weighted by atomic mass is 35.5. The molecule has 0 spiro atoms. The van der Waals surface area contributed by atoms with Crippen molar-refractivity contribution in [2.45, 2.75) is 27.7 Å². The van der Waals surface area contributed by atoms with Crippen molar-refractivity contribution < 1.29 is 19.1 Å². The molecule has 0 radical (unpaired) electrons. The summed E-state index contributed by atoms with van der Waals surface area (Å²) in [4.78, 5) is 38.4. The van der Waals surface area contributed by atoms with Crippen LogP contribution in [0.15, 0.2) is 36.4 Å². The fourth-order valence-corrected chi connectivity index (χ4v) is 5.50. The first kappa shape index (κ1) is 30.7. The molecule has 1 heterocycles. The van der Waals surface area contributed by atoms with E-state index in [1.165, 1.54) is 36.5 Å². The van der Waals surface area contributed by atoms with Gasteiger partial charge in [0.15, 0.2) is 16.6 Å². The summed E-state index contributed by atoms with van der Waals surface area (Å²) in [6, 6.07) is 9.80. The Morgan fingerprint density at radius 3 is 2.18 bits per heavy atom. The Hall–Kier alpha value is -2.85. The van der Waals surface area contributed by atoms with E-state index in [1.807, 2.05) is 13.8 Å². The van der Waals surface area contributed by atoms with Crippen molar-refractivity contribution in [2.24, 2.45) is 0 Å². The second kappa shape index (κ2) is 14.0. The summed E-state index contributed by atoms with van der Waals surface area (Å²) in [5, 5.41) is 0.951. The predicted octanol–water partition coefficient (Wildman–Crippen LogP) is 6.56. The van der Waals surface area contributed by atoms with Crippen molar-refractivity contribution >= 4 is 57.2 Å². The van der Waals surface area contributed by atoms with Gasteiger partial charge in [0.25, 0.3) is 11.8 Å². The number of amides is 2. The Morgan fingerprint density at radius 1 is 0.897 bits per heavy atom. The quantitative estimate of drug-likeness (QED) is 0.237. The molecule has 0 atom stereocenters. The number of thiazole rings is 1. The number of aryl methyl sites for hydroxylation is 1. The molecule has 0 saturated heterocycles. The molecule has 3 rings (SSSR count). The molecule has 0 aliphatic carbocycles. The van der Waals surface area contributed by atoms with E-state index in [9.17, 15) is 9.59 Å². The highest BCUT2D eigenvalue weighted by Gasteiger charge is 2.29. The second-order valence-corrected chi connectivity index (χ2v) is 10.6. The summed E-state index contributed by atoms with van der Waals surface area (Å²) in [6.07, 6.45) is 0. The first-order valence-electron chi connectivity index (χ1n) is 12.7. The van der Waals surface area contributed by atoms with E-state index in [2.05, 4.69) is 18.7 Å². The van der Waals surface area contributed by atoms with Gasteiger partial charge in [0.1, 0.15) is 5.69 Å². The molecule has 0 saturated carbocycles. The molecule has 0 bridgehead atoms. The number of hydrogen-bond acceptors (Lipinski definition) is 7. The number of halogens is 2. The Bertz CT molecular complexity index is 1310. The minimum absolute atomic E-state index is 0.172. The normalized spacial score (nSPS) is 11.0. The predicted molar refractivity (Wildman–Crippen MR) is 159 cm³/mol. The summed E-state index contributed by atoms with van der Waals surface area (Å²) >= 11 is 13.8. The molecule has 1 aromatic heterocycles. The van der Waals surface area contributed by atoms with Gasteiger partial charge in [-0.15, -0.1) is 11.3 Å². The average Bonchev–Trinajstić information content (AvgIpc) is 3.31. The van der Waals surface area contributed by atoms with Crippen molar-refractivity contribution in [3.8, 4) is 11.5 Å². The first-order valence-corrected chi connectivity index (χ1v) is 14.3. The van der Waals surface area contributed by atoms with Crippen molar-refractivity contribution in [1.29, 1.82) is 0 Å². The van der Waals surface area contributed by atoms with E-state index in [-0.39, 0.29) is 16.5 Å². The van der Waals surface area contributed by atoms with Gasteiger partial charge >= 0.3 is 0 Å². The lowest BCUT2D eigenvalue weighted by Crippen LogP contribution is -2.39. The maximum absolute atomic E-state index is 13.9. The molecule has 3 aromatic rings. The molecule has 0 aliphatic heterocycles. The standard InChI is InChI=1S/C28H34Cl2N4O4S/c1-7-32(8-2)14-15-33(9-3)27(36)25-18(4)39-28(31-25)34(20-11-13-23(37-5)24(17-20)38-6)26(35)21-12-10-19(29)16-22(21)30/h10-13,16-17H,7-9,14-15H2,1-6H3. The van der Waals surface area contributed by atoms with Crippen LogP contribution < -0.4 is 14.4 Å². The summed E-state index contributed by atoms with van der Waals surface area (Å²) in [6.45, 7) is 11.7. The average molecular weight is 594 g/mol. The van der Waals surface area contributed by atoms with Gasteiger partial charge in [-0.25, -0.2) is 4.98 Å². The Balaban J connectivity index is 2.07. The van der Waals surface area contributed by atoms with Crippen molar-refractivity contribution in [2.75, 3.05) is 51.8 Å². The molecule has 0 unspecified atom stereocenters. The molecule has 39 heavy (non-hydrogen) atoms. The van der Waals surface area contributed by atoms with Crippen LogP contribution in [0.5, 0.6) is 11.5 Å². The summed E-state index contributed by atoms with van der Waals surface area (Å²) in [7, 11) is 3.06. The van der Waals surface area contributed by atoms with Crippen LogP contribution in [0.3, 0.4) is 0 Å². The third kappa shape index (κ3) is 7.03. The van der Waals surface area contributed by atoms with Crippen LogP contribution in [-0.4, -0.2) is 73.5 Å². The highest BCUT2D eigenvalue weighted by molar-refractivity contribution is 7.16. The third-order valence-corrected chi connectivity index (χ3v) is 7.92. The fourth-order valence-electron chi connectivity index (χ4n) is 4.09. The van der Waals surface area contributed by atoms with E-state index in [1.54, 1.807) is 35.2 Å². The number of nitrogens with zero attached hydrogens (tertiary/aromatic N) is 4. The molecule has 8 nitrogen and oxygen atoms in total. The number of anilines is 2. The highest BCUT2D eigenvalue weighted by Crippen LogP contribution is 2.39. The lowest BCUT2D eigenvalue weighted by Gasteiger charge is -2.25. The maximum Gasteiger partial charge on any atom is 0.273 e. The zero-order valence-electron chi connectivity index (χ0n) is 23.1. The molecule has 0 fully saturated rings. The van der Waals surface area contributed by atoms with Gasteiger partial charge in [-0.2, -0.15) is 0 Å². The van der Waals surface area contributed by atoms with Crippen LogP contribution in [0.2, 0.25) is 10.0 Å². The van der Waals surface area contributed by atoms with Crippen LogP contribution in [0.25, 0.3) is 0 Å². The third-order valence-electron chi connectivity index (χ3n) is 6.42. The van der Waals surface area contributed by atoms with Crippen LogP contribution in [0.1, 0.15) is 46.5 Å². The van der Waals surface area contributed by atoms with Crippen LogP contribution in [-0.2, 0) is 0 Å². The van der Waals surface area contributed by atoms with Crippen molar-refractivity contribution in [3.05, 3.63) is 62.6 Å². The Kier molecular flexibility index (Phi) is 11.0. The van der Waals surface area contributed by atoms with Crippen LogP contribution in [0.4, 0.5) is 10.8 Å². The molecular weight excluding hydrogens is 559 g/mol. The molecule has 2 amide bonds. The van der Waals surface area contributed by atoms with Gasteiger partial charge in [0.05, 0.1) is 30.5 Å². The summed E-state index contributed by atoms with van der Waals surface area (Å²) < 4.78 is 10.8. The largest absolute Gasteiger partial charge is 0.493 e. The maximum atomic E-state index is 13.9. The summed E-state index contributed by atoms with van der Waals surface area (Å²) in [5.74, 6) is 0.351. The van der Waals surface area contributed by atoms with Gasteiger partial charge in [0.2, 0.25) is 0 Å². The minimum Gasteiger partial charge on any atom is -0.493 e. The van der Waals surface area contributed by atoms with Crippen molar-refractivity contribution in [1.82, 2.24) is 14.8 Å². The Morgan fingerprint density at radius 2 is 1.59 bits per heavy atom. The lowest BCUT2D eigenvalue weighted by molar-refractivity contribution is 0.0740. The monoisotopic (exact) mass is 592 g/mol. The minimum atomic E-state index is -0.425. The van der Waals surface area contributed by atoms with Crippen molar-refractivity contribution in [3.63, 3.8) is 0 Å². The molecule has 210 valence electrons. The summed E-state index contributed by atoms with van der Waals surface area (Å²) in [5.41, 5.74) is 1.04. The zero-order chi connectivity index (χ0) is 28.7. The molecular formula is C28H34Cl2N4O4S. The van der Waals surface area contributed by atoms with E-state index < -0.39 is 5.91 Å². The molecule has 11 heteroatoms. The number of methoxy groups -OCH3 is 2. The van der Waals surface area contributed by atoms with Crippen LogP contribution >= 0.6 is 34.5 Å². The topological polar surface area (TPSA) is 75.2 Å². The van der Waals surface area contributed by atoms with E-state index in [4.69, 9.17) is 37.7 Å².